The second-order valence-electron chi connectivity index (χ2n) is 4.91. The van der Waals surface area contributed by atoms with Gasteiger partial charge < -0.3 is 10.6 Å². The van der Waals surface area contributed by atoms with E-state index in [2.05, 4.69) is 48.3 Å². The summed E-state index contributed by atoms with van der Waals surface area (Å²) < 4.78 is 0. The lowest BCUT2D eigenvalue weighted by Gasteiger charge is -2.25. The van der Waals surface area contributed by atoms with Gasteiger partial charge in [0.2, 0.25) is 0 Å². The summed E-state index contributed by atoms with van der Waals surface area (Å²) in [5.74, 6) is 1.78. The molecule has 0 amide bonds. The molecular formula is C13H24N4S. The van der Waals surface area contributed by atoms with Crippen molar-refractivity contribution in [3.8, 4) is 0 Å². The molecule has 1 aromatic heterocycles. The third-order valence-corrected chi connectivity index (χ3v) is 3.34. The van der Waals surface area contributed by atoms with Crippen LogP contribution in [0.5, 0.6) is 0 Å². The van der Waals surface area contributed by atoms with Crippen LogP contribution in [0.2, 0.25) is 0 Å². The molecule has 4 nitrogen and oxygen atoms in total. The van der Waals surface area contributed by atoms with Gasteiger partial charge >= 0.3 is 0 Å². The number of nitrogens with zero attached hydrogens (tertiary/aromatic N) is 2. The number of hydrogen-bond acceptors (Lipinski definition) is 5. The fraction of sp³-hybridized carbons (Fsp3) is 0.692. The van der Waals surface area contributed by atoms with E-state index in [0.717, 1.165) is 36.2 Å². The summed E-state index contributed by atoms with van der Waals surface area (Å²) in [5, 5.41) is 7.56. The Bertz CT molecular complexity index is 379. The number of rotatable bonds is 7. The van der Waals surface area contributed by atoms with Gasteiger partial charge in [0.25, 0.3) is 0 Å². The number of thioether (sulfide) groups is 1. The Kier molecular flexibility index (Phi) is 5.72. The monoisotopic (exact) mass is 268 g/mol. The third kappa shape index (κ3) is 4.72. The maximum atomic E-state index is 4.49. The predicted molar refractivity (Wildman–Crippen MR) is 80.6 cm³/mol. The summed E-state index contributed by atoms with van der Waals surface area (Å²) >= 11 is 1.56. The first-order valence-electron chi connectivity index (χ1n) is 6.46. The van der Waals surface area contributed by atoms with Crippen LogP contribution < -0.4 is 10.6 Å². The topological polar surface area (TPSA) is 49.8 Å². The van der Waals surface area contributed by atoms with E-state index in [1.54, 1.807) is 11.8 Å². The smallest absolute Gasteiger partial charge is 0.191 e. The number of anilines is 2. The lowest BCUT2D eigenvalue weighted by atomic mass is 10.0. The van der Waals surface area contributed by atoms with Crippen molar-refractivity contribution in [2.45, 2.75) is 51.2 Å². The van der Waals surface area contributed by atoms with E-state index in [1.165, 1.54) is 0 Å². The summed E-state index contributed by atoms with van der Waals surface area (Å²) in [7, 11) is 0. The summed E-state index contributed by atoms with van der Waals surface area (Å²) in [5.41, 5.74) is 0.0477. The van der Waals surface area contributed by atoms with Gasteiger partial charge in [0.05, 0.1) is 0 Å². The van der Waals surface area contributed by atoms with Gasteiger partial charge in [0.15, 0.2) is 5.16 Å². The molecule has 0 aliphatic heterocycles. The first-order valence-corrected chi connectivity index (χ1v) is 7.68. The second-order valence-corrected chi connectivity index (χ2v) is 5.69. The van der Waals surface area contributed by atoms with E-state index in [1.807, 2.05) is 12.3 Å². The van der Waals surface area contributed by atoms with Crippen molar-refractivity contribution in [3.05, 3.63) is 6.07 Å². The van der Waals surface area contributed by atoms with E-state index in [0.29, 0.717) is 0 Å². The van der Waals surface area contributed by atoms with Crippen molar-refractivity contribution >= 4 is 23.4 Å². The molecule has 0 unspecified atom stereocenters. The molecule has 102 valence electrons. The predicted octanol–water partition coefficient (Wildman–Crippen LogP) is 3.62. The molecule has 1 rings (SSSR count). The average molecular weight is 268 g/mol. The Labute approximate surface area is 114 Å². The van der Waals surface area contributed by atoms with E-state index in [4.69, 9.17) is 0 Å². The molecular weight excluding hydrogens is 244 g/mol. The molecule has 0 fully saturated rings. The average Bonchev–Trinajstić information content (AvgIpc) is 2.35. The van der Waals surface area contributed by atoms with Crippen LogP contribution in [0.4, 0.5) is 11.6 Å². The Morgan fingerprint density at radius 3 is 2.44 bits per heavy atom. The van der Waals surface area contributed by atoms with Crippen LogP contribution in [-0.4, -0.2) is 28.3 Å². The van der Waals surface area contributed by atoms with Crippen LogP contribution in [0.25, 0.3) is 0 Å². The highest BCUT2D eigenvalue weighted by Gasteiger charge is 2.16. The summed E-state index contributed by atoms with van der Waals surface area (Å²) in [6.07, 6.45) is 4.12. The highest BCUT2D eigenvalue weighted by molar-refractivity contribution is 7.98. The molecule has 1 heterocycles. The zero-order valence-corrected chi connectivity index (χ0v) is 12.8. The fourth-order valence-corrected chi connectivity index (χ4v) is 1.74. The summed E-state index contributed by atoms with van der Waals surface area (Å²) in [6.45, 7) is 9.59. The molecule has 0 saturated heterocycles. The Morgan fingerprint density at radius 2 is 1.89 bits per heavy atom. The molecule has 0 atom stereocenters. The largest absolute Gasteiger partial charge is 0.370 e. The minimum atomic E-state index is 0.0477. The quantitative estimate of drug-likeness (QED) is 0.584. The van der Waals surface area contributed by atoms with Gasteiger partial charge in [0.1, 0.15) is 11.6 Å². The van der Waals surface area contributed by atoms with Gasteiger partial charge in [-0.3, -0.25) is 0 Å². The molecule has 0 saturated carbocycles. The molecule has 0 radical (unpaired) electrons. The molecule has 0 aliphatic carbocycles. The summed E-state index contributed by atoms with van der Waals surface area (Å²) in [4.78, 5) is 8.94. The van der Waals surface area contributed by atoms with Crippen molar-refractivity contribution in [1.29, 1.82) is 0 Å². The highest BCUT2D eigenvalue weighted by atomic mass is 32.2. The maximum absolute atomic E-state index is 4.49. The zero-order chi connectivity index (χ0) is 13.6. The molecule has 0 bridgehead atoms. The number of nitrogens with one attached hydrogen (secondary N) is 2. The maximum Gasteiger partial charge on any atom is 0.191 e. The van der Waals surface area contributed by atoms with Gasteiger partial charge in [-0.15, -0.1) is 0 Å². The van der Waals surface area contributed by atoms with Crippen molar-refractivity contribution < 1.29 is 0 Å². The van der Waals surface area contributed by atoms with Crippen molar-refractivity contribution in [1.82, 2.24) is 9.97 Å². The molecule has 18 heavy (non-hydrogen) atoms. The standard InChI is InChI=1S/C13H24N4S/c1-6-8-14-10-9-11(16-12(15-10)18-5)17-13(3,4)7-2/h9H,6-8H2,1-5H3,(H2,14,15,16,17). The lowest BCUT2D eigenvalue weighted by molar-refractivity contribution is 0.544. The van der Waals surface area contributed by atoms with Crippen LogP contribution in [0.3, 0.4) is 0 Å². The normalized spacial score (nSPS) is 11.4. The van der Waals surface area contributed by atoms with Crippen LogP contribution in [0.1, 0.15) is 40.5 Å². The van der Waals surface area contributed by atoms with Crippen molar-refractivity contribution in [2.24, 2.45) is 0 Å². The Morgan fingerprint density at radius 1 is 1.22 bits per heavy atom. The van der Waals surface area contributed by atoms with Gasteiger partial charge in [-0.2, -0.15) is 0 Å². The van der Waals surface area contributed by atoms with Gasteiger partial charge in [-0.25, -0.2) is 9.97 Å². The lowest BCUT2D eigenvalue weighted by Crippen LogP contribution is -2.30. The van der Waals surface area contributed by atoms with E-state index >= 15 is 0 Å². The SMILES string of the molecule is CCCNc1cc(NC(C)(C)CC)nc(SC)n1. The third-order valence-electron chi connectivity index (χ3n) is 2.79. The first kappa shape index (κ1) is 15.1. The highest BCUT2D eigenvalue weighted by Crippen LogP contribution is 2.21. The second kappa shape index (κ2) is 6.83. The number of aromatic nitrogens is 2. The van der Waals surface area contributed by atoms with E-state index in [-0.39, 0.29) is 5.54 Å². The Balaban J connectivity index is 2.89. The number of hydrogen-bond donors (Lipinski definition) is 2. The van der Waals surface area contributed by atoms with Crippen LogP contribution in [0, 0.1) is 0 Å². The summed E-state index contributed by atoms with van der Waals surface area (Å²) in [6, 6.07) is 1.98. The molecule has 0 aliphatic rings. The minimum absolute atomic E-state index is 0.0477. The fourth-order valence-electron chi connectivity index (χ4n) is 1.36. The molecule has 0 spiro atoms. The van der Waals surface area contributed by atoms with Crippen molar-refractivity contribution in [2.75, 3.05) is 23.4 Å². The van der Waals surface area contributed by atoms with Gasteiger partial charge in [-0.1, -0.05) is 25.6 Å². The van der Waals surface area contributed by atoms with E-state index < -0.39 is 0 Å². The van der Waals surface area contributed by atoms with Crippen LogP contribution in [0.15, 0.2) is 11.2 Å². The molecule has 1 aromatic rings. The van der Waals surface area contributed by atoms with Gasteiger partial charge in [-0.05, 0) is 32.9 Å². The van der Waals surface area contributed by atoms with E-state index in [9.17, 15) is 0 Å². The van der Waals surface area contributed by atoms with Crippen LogP contribution >= 0.6 is 11.8 Å². The van der Waals surface area contributed by atoms with Crippen LogP contribution in [-0.2, 0) is 0 Å². The molecule has 0 aromatic carbocycles. The minimum Gasteiger partial charge on any atom is -0.370 e. The zero-order valence-electron chi connectivity index (χ0n) is 12.0. The van der Waals surface area contributed by atoms with Gasteiger partial charge in [0, 0.05) is 18.2 Å². The first-order chi connectivity index (χ1) is 8.50. The Hall–Kier alpha value is -0.970. The molecule has 5 heteroatoms. The van der Waals surface area contributed by atoms with Crippen molar-refractivity contribution in [3.63, 3.8) is 0 Å². The molecule has 2 N–H and O–H groups in total.